The molecule has 1 aliphatic rings. The van der Waals surface area contributed by atoms with Gasteiger partial charge >= 0.3 is 0 Å². The number of hydrogen-bond donors (Lipinski definition) is 1. The number of aryl methyl sites for hydroxylation is 1. The van der Waals surface area contributed by atoms with E-state index in [9.17, 15) is 14.4 Å². The number of rotatable bonds is 7. The molecule has 0 unspecified atom stereocenters. The molecule has 0 saturated heterocycles. The van der Waals surface area contributed by atoms with Crippen molar-refractivity contribution >= 4 is 29.2 Å². The smallest absolute Gasteiger partial charge is 0.262 e. The van der Waals surface area contributed by atoms with Crippen molar-refractivity contribution in [2.45, 2.75) is 13.8 Å². The van der Waals surface area contributed by atoms with Crippen molar-refractivity contribution in [3.05, 3.63) is 94.6 Å². The Morgan fingerprint density at radius 3 is 2.21 bits per heavy atom. The minimum Gasteiger partial charge on any atom is -0.490 e. The fourth-order valence-corrected chi connectivity index (χ4v) is 3.61. The van der Waals surface area contributed by atoms with E-state index in [4.69, 9.17) is 9.47 Å². The number of anilines is 1. The summed E-state index contributed by atoms with van der Waals surface area (Å²) in [6.07, 6.45) is 1.56. The van der Waals surface area contributed by atoms with Gasteiger partial charge in [-0.3, -0.25) is 14.4 Å². The lowest BCUT2D eigenvalue weighted by atomic mass is 10.1. The Morgan fingerprint density at radius 2 is 1.55 bits per heavy atom. The van der Waals surface area contributed by atoms with Crippen LogP contribution < -0.4 is 14.8 Å². The van der Waals surface area contributed by atoms with E-state index < -0.39 is 0 Å². The fourth-order valence-electron chi connectivity index (χ4n) is 3.61. The molecule has 0 heterocycles. The molecule has 3 aromatic rings. The number of nitrogens with one attached hydrogen (secondary N) is 1. The van der Waals surface area contributed by atoms with Gasteiger partial charge in [0.15, 0.2) is 29.7 Å². The first-order chi connectivity index (χ1) is 16.0. The van der Waals surface area contributed by atoms with Crippen molar-refractivity contribution in [2.75, 3.05) is 18.5 Å². The van der Waals surface area contributed by atoms with Crippen LogP contribution in [0.25, 0.3) is 6.08 Å². The van der Waals surface area contributed by atoms with Gasteiger partial charge in [-0.15, -0.1) is 0 Å². The van der Waals surface area contributed by atoms with Gasteiger partial charge in [0.2, 0.25) is 0 Å². The van der Waals surface area contributed by atoms with Crippen molar-refractivity contribution in [1.82, 2.24) is 0 Å². The SMILES string of the molecule is CCOc1cc(C=C2C(=O)c3ccccc3C2=O)ccc1OCC(=O)Nc1ccccc1C. The van der Waals surface area contributed by atoms with Crippen LogP contribution in [-0.2, 0) is 4.79 Å². The summed E-state index contributed by atoms with van der Waals surface area (Å²) in [4.78, 5) is 37.6. The minimum absolute atomic E-state index is 0.116. The van der Waals surface area contributed by atoms with Gasteiger partial charge in [0.25, 0.3) is 5.91 Å². The Kier molecular flexibility index (Phi) is 6.36. The molecule has 3 aromatic carbocycles. The zero-order chi connectivity index (χ0) is 23.4. The number of amides is 1. The second-order valence-electron chi connectivity index (χ2n) is 7.55. The predicted octanol–water partition coefficient (Wildman–Crippen LogP) is 4.87. The zero-order valence-corrected chi connectivity index (χ0v) is 18.4. The van der Waals surface area contributed by atoms with E-state index in [0.29, 0.717) is 34.8 Å². The number of ketones is 2. The number of benzene rings is 3. The topological polar surface area (TPSA) is 81.7 Å². The molecule has 4 rings (SSSR count). The lowest BCUT2D eigenvalue weighted by Gasteiger charge is -2.13. The van der Waals surface area contributed by atoms with Crippen LogP contribution in [-0.4, -0.2) is 30.7 Å². The molecule has 6 nitrogen and oxygen atoms in total. The number of ether oxygens (including phenoxy) is 2. The van der Waals surface area contributed by atoms with E-state index in [1.54, 1.807) is 48.5 Å². The predicted molar refractivity (Wildman–Crippen MR) is 126 cm³/mol. The van der Waals surface area contributed by atoms with E-state index in [-0.39, 0.29) is 29.7 Å². The molecule has 0 saturated carbocycles. The Hall–Kier alpha value is -4.19. The molecule has 1 N–H and O–H groups in total. The van der Waals surface area contributed by atoms with Gasteiger partial charge in [-0.25, -0.2) is 0 Å². The summed E-state index contributed by atoms with van der Waals surface area (Å²) >= 11 is 0. The quantitative estimate of drug-likeness (QED) is 0.418. The largest absolute Gasteiger partial charge is 0.490 e. The number of fused-ring (bicyclic) bond motifs is 1. The monoisotopic (exact) mass is 441 g/mol. The Labute approximate surface area is 191 Å². The molecule has 6 heteroatoms. The Morgan fingerprint density at radius 1 is 0.879 bits per heavy atom. The number of Topliss-reactive ketones (excluding diaryl/α,β-unsaturated/α-hetero) is 2. The summed E-state index contributed by atoms with van der Waals surface area (Å²) in [5.74, 6) is -0.0568. The molecule has 0 fully saturated rings. The molecule has 1 amide bonds. The van der Waals surface area contributed by atoms with Gasteiger partial charge in [-0.05, 0) is 49.2 Å². The lowest BCUT2D eigenvalue weighted by Crippen LogP contribution is -2.20. The van der Waals surface area contributed by atoms with Gasteiger partial charge < -0.3 is 14.8 Å². The van der Waals surface area contributed by atoms with Crippen LogP contribution in [0.2, 0.25) is 0 Å². The number of hydrogen-bond acceptors (Lipinski definition) is 5. The van der Waals surface area contributed by atoms with Crippen molar-refractivity contribution < 1.29 is 23.9 Å². The summed E-state index contributed by atoms with van der Waals surface area (Å²) in [5, 5.41) is 2.82. The third-order valence-corrected chi connectivity index (χ3v) is 5.26. The minimum atomic E-state index is -0.294. The van der Waals surface area contributed by atoms with Crippen molar-refractivity contribution in [2.24, 2.45) is 0 Å². The summed E-state index contributed by atoms with van der Waals surface area (Å²) in [5.41, 5.74) is 3.25. The van der Waals surface area contributed by atoms with Gasteiger partial charge in [-0.2, -0.15) is 0 Å². The van der Waals surface area contributed by atoms with Crippen LogP contribution in [0.4, 0.5) is 5.69 Å². The molecule has 0 atom stereocenters. The Balaban J connectivity index is 1.51. The molecular formula is C27H23NO5. The molecule has 0 aliphatic heterocycles. The van der Waals surface area contributed by atoms with Crippen molar-refractivity contribution in [3.8, 4) is 11.5 Å². The zero-order valence-electron chi connectivity index (χ0n) is 18.4. The highest BCUT2D eigenvalue weighted by molar-refractivity contribution is 6.41. The standard InChI is InChI=1S/C27H23NO5/c1-3-32-24-15-18(14-21-26(30)19-9-5-6-10-20(19)27(21)31)12-13-23(24)33-16-25(29)28-22-11-7-4-8-17(22)2/h4-15H,3,16H2,1-2H3,(H,28,29). The normalized spacial score (nSPS) is 12.4. The average Bonchev–Trinajstić information content (AvgIpc) is 3.05. The highest BCUT2D eigenvalue weighted by atomic mass is 16.5. The number of carbonyl (C=O) groups excluding carboxylic acids is 3. The maximum Gasteiger partial charge on any atom is 0.262 e. The number of allylic oxidation sites excluding steroid dienone is 1. The third-order valence-electron chi connectivity index (χ3n) is 5.26. The van der Waals surface area contributed by atoms with Crippen LogP contribution in [0, 0.1) is 6.92 Å². The molecule has 0 aromatic heterocycles. The molecule has 0 radical (unpaired) electrons. The van der Waals surface area contributed by atoms with Gasteiger partial charge in [0.1, 0.15) is 0 Å². The lowest BCUT2D eigenvalue weighted by molar-refractivity contribution is -0.118. The van der Waals surface area contributed by atoms with Crippen LogP contribution in [0.1, 0.15) is 38.8 Å². The molecule has 33 heavy (non-hydrogen) atoms. The molecule has 0 bridgehead atoms. The fraction of sp³-hybridized carbons (Fsp3) is 0.148. The molecular weight excluding hydrogens is 418 g/mol. The van der Waals surface area contributed by atoms with E-state index in [0.717, 1.165) is 11.3 Å². The highest BCUT2D eigenvalue weighted by Crippen LogP contribution is 2.32. The summed E-state index contributed by atoms with van der Waals surface area (Å²) < 4.78 is 11.4. The average molecular weight is 441 g/mol. The first kappa shape index (κ1) is 22.0. The maximum atomic E-state index is 12.7. The van der Waals surface area contributed by atoms with Crippen molar-refractivity contribution in [3.63, 3.8) is 0 Å². The van der Waals surface area contributed by atoms with Crippen LogP contribution >= 0.6 is 0 Å². The van der Waals surface area contributed by atoms with Gasteiger partial charge in [0.05, 0.1) is 12.2 Å². The molecule has 166 valence electrons. The van der Waals surface area contributed by atoms with E-state index in [2.05, 4.69) is 5.32 Å². The molecule has 0 spiro atoms. The van der Waals surface area contributed by atoms with Gasteiger partial charge in [0, 0.05) is 16.8 Å². The van der Waals surface area contributed by atoms with Crippen molar-refractivity contribution in [1.29, 1.82) is 0 Å². The van der Waals surface area contributed by atoms with E-state index in [1.807, 2.05) is 38.1 Å². The van der Waals surface area contributed by atoms with Gasteiger partial charge in [-0.1, -0.05) is 48.5 Å². The second kappa shape index (κ2) is 9.53. The van der Waals surface area contributed by atoms with Crippen LogP contribution in [0.3, 0.4) is 0 Å². The Bertz CT molecular complexity index is 1240. The summed E-state index contributed by atoms with van der Waals surface area (Å²) in [7, 11) is 0. The van der Waals surface area contributed by atoms with E-state index >= 15 is 0 Å². The summed E-state index contributed by atoms with van der Waals surface area (Å²) in [6.45, 7) is 3.94. The second-order valence-corrected chi connectivity index (χ2v) is 7.55. The first-order valence-electron chi connectivity index (χ1n) is 10.6. The van der Waals surface area contributed by atoms with E-state index in [1.165, 1.54) is 0 Å². The summed E-state index contributed by atoms with van der Waals surface area (Å²) in [6, 6.07) is 19.3. The molecule has 1 aliphatic carbocycles. The first-order valence-corrected chi connectivity index (χ1v) is 10.6. The van der Waals surface area contributed by atoms with Crippen LogP contribution in [0.5, 0.6) is 11.5 Å². The maximum absolute atomic E-state index is 12.7. The third kappa shape index (κ3) is 4.70. The number of carbonyl (C=O) groups is 3. The number of para-hydroxylation sites is 1. The van der Waals surface area contributed by atoms with Crippen LogP contribution in [0.15, 0.2) is 72.3 Å². The highest BCUT2D eigenvalue weighted by Gasteiger charge is 2.32.